The minimum atomic E-state index is -1.05. The number of hydrogen-bond acceptors (Lipinski definition) is 1. The van der Waals surface area contributed by atoms with Crippen LogP contribution in [0.15, 0.2) is 58.8 Å². The van der Waals surface area contributed by atoms with Gasteiger partial charge in [-0.3, -0.25) is 4.79 Å². The lowest BCUT2D eigenvalue weighted by atomic mass is 9.72. The van der Waals surface area contributed by atoms with Gasteiger partial charge in [-0.15, -0.1) is 0 Å². The Balaban J connectivity index is 2.96. The molecular formula is C19H24F2O. The predicted molar refractivity (Wildman–Crippen MR) is 87.7 cm³/mol. The van der Waals surface area contributed by atoms with Crippen molar-refractivity contribution >= 4 is 6.29 Å². The third-order valence-corrected chi connectivity index (χ3v) is 3.96. The number of carbonyl (C=O) groups is 1. The van der Waals surface area contributed by atoms with E-state index in [2.05, 4.69) is 20.8 Å². The maximum absolute atomic E-state index is 13.6. The molecule has 0 radical (unpaired) electrons. The highest BCUT2D eigenvalue weighted by molar-refractivity contribution is 5.65. The number of allylic oxidation sites excluding steroid dienone is 10. The van der Waals surface area contributed by atoms with Crippen LogP contribution in [0.3, 0.4) is 0 Å². The highest BCUT2D eigenvalue weighted by Crippen LogP contribution is 2.40. The zero-order valence-corrected chi connectivity index (χ0v) is 13.7. The highest BCUT2D eigenvalue weighted by atomic mass is 19.2. The van der Waals surface area contributed by atoms with Crippen LogP contribution in [0.1, 0.15) is 47.0 Å². The molecule has 0 fully saturated rings. The fourth-order valence-corrected chi connectivity index (χ4v) is 2.75. The van der Waals surface area contributed by atoms with E-state index in [4.69, 9.17) is 0 Å². The largest absolute Gasteiger partial charge is 0.299 e. The van der Waals surface area contributed by atoms with Gasteiger partial charge in [0.1, 0.15) is 6.29 Å². The van der Waals surface area contributed by atoms with Gasteiger partial charge in [-0.1, -0.05) is 31.6 Å². The summed E-state index contributed by atoms with van der Waals surface area (Å²) in [6.45, 7) is 8.26. The summed E-state index contributed by atoms with van der Waals surface area (Å²) < 4.78 is 26.9. The molecule has 0 saturated carbocycles. The van der Waals surface area contributed by atoms with Crippen LogP contribution in [0.4, 0.5) is 8.78 Å². The molecule has 1 aliphatic rings. The second-order valence-corrected chi connectivity index (χ2v) is 6.34. The fourth-order valence-electron chi connectivity index (χ4n) is 2.75. The average Bonchev–Trinajstić information content (AvgIpc) is 2.43. The third kappa shape index (κ3) is 5.21. The molecule has 0 aromatic rings. The number of halogens is 2. The van der Waals surface area contributed by atoms with E-state index in [1.807, 2.05) is 12.2 Å². The molecule has 0 saturated heterocycles. The molecule has 3 heteroatoms. The van der Waals surface area contributed by atoms with Crippen LogP contribution in [-0.2, 0) is 4.79 Å². The third-order valence-electron chi connectivity index (χ3n) is 3.96. The number of aldehydes is 1. The van der Waals surface area contributed by atoms with Gasteiger partial charge in [-0.05, 0) is 67.9 Å². The van der Waals surface area contributed by atoms with Crippen molar-refractivity contribution in [3.8, 4) is 0 Å². The molecule has 0 amide bonds. The van der Waals surface area contributed by atoms with Gasteiger partial charge in [-0.25, -0.2) is 8.78 Å². The van der Waals surface area contributed by atoms with Crippen LogP contribution in [0.25, 0.3) is 0 Å². The Hall–Kier alpha value is -1.77. The first kappa shape index (κ1) is 18.3. The first-order chi connectivity index (χ1) is 10.3. The Kier molecular flexibility index (Phi) is 6.66. The van der Waals surface area contributed by atoms with Crippen molar-refractivity contribution in [1.29, 1.82) is 0 Å². The summed E-state index contributed by atoms with van der Waals surface area (Å²) in [6.07, 6.45) is 10.5. The van der Waals surface area contributed by atoms with Crippen LogP contribution in [0.2, 0.25) is 0 Å². The molecule has 1 nitrogen and oxygen atoms in total. The molecule has 22 heavy (non-hydrogen) atoms. The van der Waals surface area contributed by atoms with E-state index in [-0.39, 0.29) is 5.41 Å². The van der Waals surface area contributed by atoms with Crippen LogP contribution in [-0.4, -0.2) is 6.29 Å². The second kappa shape index (κ2) is 8.02. The lowest BCUT2D eigenvalue weighted by Crippen LogP contribution is -2.19. The van der Waals surface area contributed by atoms with E-state index in [0.29, 0.717) is 11.9 Å². The van der Waals surface area contributed by atoms with Gasteiger partial charge in [0.15, 0.2) is 11.7 Å². The van der Waals surface area contributed by atoms with Crippen LogP contribution < -0.4 is 0 Å². The van der Waals surface area contributed by atoms with Crippen LogP contribution in [0, 0.1) is 5.41 Å². The molecule has 1 rings (SSSR count). The summed E-state index contributed by atoms with van der Waals surface area (Å²) >= 11 is 0. The van der Waals surface area contributed by atoms with Crippen LogP contribution in [0.5, 0.6) is 0 Å². The second-order valence-electron chi connectivity index (χ2n) is 6.34. The van der Waals surface area contributed by atoms with Crippen molar-refractivity contribution in [3.63, 3.8) is 0 Å². The van der Waals surface area contributed by atoms with Gasteiger partial charge in [0.05, 0.1) is 0 Å². The monoisotopic (exact) mass is 306 g/mol. The van der Waals surface area contributed by atoms with E-state index >= 15 is 0 Å². The quantitative estimate of drug-likeness (QED) is 0.350. The first-order valence-electron chi connectivity index (χ1n) is 7.51. The van der Waals surface area contributed by atoms with Crippen molar-refractivity contribution in [3.05, 3.63) is 58.8 Å². The molecule has 120 valence electrons. The van der Waals surface area contributed by atoms with Gasteiger partial charge < -0.3 is 0 Å². The first-order valence-corrected chi connectivity index (χ1v) is 7.51. The molecule has 0 heterocycles. The lowest BCUT2D eigenvalue weighted by molar-refractivity contribution is -0.104. The topological polar surface area (TPSA) is 17.1 Å². The minimum absolute atomic E-state index is 0.117. The average molecular weight is 306 g/mol. The number of carbonyl (C=O) groups excluding carboxylic acids is 1. The standard InChI is InChI=1S/C19H24F2O/c1-14(13-18(21)17(20)8-6-12-22)9-10-16-15(2)7-5-11-19(16,3)4/h6,8-10,12-13H,5,7,11H2,1-4H3/b8-6+,10-9+,14-13+,18-17-. The van der Waals surface area contributed by atoms with Crippen molar-refractivity contribution in [2.24, 2.45) is 5.41 Å². The summed E-state index contributed by atoms with van der Waals surface area (Å²) in [5.41, 5.74) is 3.37. The molecule has 0 bridgehead atoms. The van der Waals surface area contributed by atoms with Crippen molar-refractivity contribution in [2.45, 2.75) is 47.0 Å². The molecule has 0 aliphatic heterocycles. The van der Waals surface area contributed by atoms with Gasteiger partial charge in [0.2, 0.25) is 0 Å². The van der Waals surface area contributed by atoms with Crippen molar-refractivity contribution in [2.75, 3.05) is 0 Å². The molecular weight excluding hydrogens is 282 g/mol. The Bertz CT molecular complexity index is 572. The zero-order chi connectivity index (χ0) is 16.8. The maximum atomic E-state index is 13.6. The number of rotatable bonds is 5. The summed E-state index contributed by atoms with van der Waals surface area (Å²) in [5.74, 6) is -2.03. The van der Waals surface area contributed by atoms with Gasteiger partial charge in [0, 0.05) is 0 Å². The smallest absolute Gasteiger partial charge is 0.159 e. The molecule has 0 unspecified atom stereocenters. The Morgan fingerprint density at radius 3 is 2.45 bits per heavy atom. The molecule has 1 aliphatic carbocycles. The lowest BCUT2D eigenvalue weighted by Gasteiger charge is -2.32. The van der Waals surface area contributed by atoms with Crippen LogP contribution >= 0.6 is 0 Å². The van der Waals surface area contributed by atoms with Crippen molar-refractivity contribution in [1.82, 2.24) is 0 Å². The van der Waals surface area contributed by atoms with Gasteiger partial charge in [0.25, 0.3) is 0 Å². The Labute approximate surface area is 131 Å². The van der Waals surface area contributed by atoms with E-state index in [9.17, 15) is 13.6 Å². The summed E-state index contributed by atoms with van der Waals surface area (Å²) in [5, 5.41) is 0. The number of hydrogen-bond donors (Lipinski definition) is 0. The van der Waals surface area contributed by atoms with Gasteiger partial charge >= 0.3 is 0 Å². The molecule has 0 spiro atoms. The SMILES string of the molecule is CC1=C(/C=C/C(C)=C/C(F)=C(F)\C=C\C=O)C(C)(C)CCC1. The van der Waals surface area contributed by atoms with Crippen molar-refractivity contribution < 1.29 is 13.6 Å². The summed E-state index contributed by atoms with van der Waals surface area (Å²) in [4.78, 5) is 10.1. The predicted octanol–water partition coefficient (Wildman–Crippen LogP) is 5.92. The van der Waals surface area contributed by atoms with E-state index in [0.717, 1.165) is 31.1 Å². The minimum Gasteiger partial charge on any atom is -0.299 e. The Morgan fingerprint density at radius 2 is 1.86 bits per heavy atom. The van der Waals surface area contributed by atoms with E-state index in [1.165, 1.54) is 17.6 Å². The summed E-state index contributed by atoms with van der Waals surface area (Å²) in [7, 11) is 0. The highest BCUT2D eigenvalue weighted by Gasteiger charge is 2.26. The Morgan fingerprint density at radius 1 is 1.18 bits per heavy atom. The van der Waals surface area contributed by atoms with E-state index < -0.39 is 11.7 Å². The maximum Gasteiger partial charge on any atom is 0.159 e. The zero-order valence-electron chi connectivity index (χ0n) is 13.7. The van der Waals surface area contributed by atoms with Gasteiger partial charge in [-0.2, -0.15) is 0 Å². The molecule has 0 N–H and O–H groups in total. The molecule has 0 aromatic carbocycles. The normalized spacial score (nSPS) is 20.7. The summed E-state index contributed by atoms with van der Waals surface area (Å²) in [6, 6.07) is 0. The van der Waals surface area contributed by atoms with E-state index in [1.54, 1.807) is 6.92 Å². The molecule has 0 atom stereocenters. The fraction of sp³-hybridized carbons (Fsp3) is 0.421. The molecule has 0 aromatic heterocycles.